The Labute approximate surface area is 115 Å². The highest BCUT2D eigenvalue weighted by molar-refractivity contribution is 7.98. The van der Waals surface area contributed by atoms with Gasteiger partial charge in [0.1, 0.15) is 11.0 Å². The smallest absolute Gasteiger partial charge is 0.308 e. The van der Waals surface area contributed by atoms with Crippen molar-refractivity contribution in [1.82, 2.24) is 9.97 Å². The van der Waals surface area contributed by atoms with Crippen molar-refractivity contribution in [3.8, 4) is 0 Å². The van der Waals surface area contributed by atoms with Crippen LogP contribution in [0.5, 0.6) is 0 Å². The number of hydrogen-bond acceptors (Lipinski definition) is 5. The molecular formula is C11H14ClN3O2S. The second-order valence-corrected chi connectivity index (χ2v) is 5.32. The number of halogens is 1. The summed E-state index contributed by atoms with van der Waals surface area (Å²) in [7, 11) is 0. The quantitative estimate of drug-likeness (QED) is 0.522. The van der Waals surface area contributed by atoms with E-state index in [0.29, 0.717) is 22.7 Å². The number of anilines is 1. The summed E-state index contributed by atoms with van der Waals surface area (Å²) < 4.78 is 0. The Bertz CT molecular complexity index is 458. The van der Waals surface area contributed by atoms with E-state index in [2.05, 4.69) is 9.97 Å². The van der Waals surface area contributed by atoms with E-state index in [1.807, 2.05) is 11.2 Å². The van der Waals surface area contributed by atoms with Crippen LogP contribution < -0.4 is 4.90 Å². The highest BCUT2D eigenvalue weighted by atomic mass is 35.5. The SMILES string of the molecule is CSc1nc(Cl)cc(N2CCCC(C(=O)O)C2)n1. The van der Waals surface area contributed by atoms with Gasteiger partial charge in [-0.15, -0.1) is 0 Å². The third-order valence-corrected chi connectivity index (χ3v) is 3.68. The van der Waals surface area contributed by atoms with Crippen molar-refractivity contribution in [2.45, 2.75) is 18.0 Å². The van der Waals surface area contributed by atoms with Gasteiger partial charge in [-0.3, -0.25) is 4.79 Å². The fraction of sp³-hybridized carbons (Fsp3) is 0.545. The molecule has 0 bridgehead atoms. The van der Waals surface area contributed by atoms with Gasteiger partial charge in [0.25, 0.3) is 0 Å². The van der Waals surface area contributed by atoms with Crippen LogP contribution >= 0.6 is 23.4 Å². The normalized spacial score (nSPS) is 19.9. The van der Waals surface area contributed by atoms with E-state index < -0.39 is 5.97 Å². The first kappa shape index (κ1) is 13.4. The highest BCUT2D eigenvalue weighted by Gasteiger charge is 2.26. The molecule has 1 fully saturated rings. The fourth-order valence-electron chi connectivity index (χ4n) is 2.03. The zero-order valence-electron chi connectivity index (χ0n) is 9.97. The van der Waals surface area contributed by atoms with E-state index in [-0.39, 0.29) is 5.92 Å². The molecule has 0 aromatic carbocycles. The molecule has 0 radical (unpaired) electrons. The number of aromatic nitrogens is 2. The number of piperidine rings is 1. The Morgan fingerprint density at radius 1 is 1.61 bits per heavy atom. The van der Waals surface area contributed by atoms with E-state index in [9.17, 15) is 4.79 Å². The summed E-state index contributed by atoms with van der Waals surface area (Å²) in [5, 5.41) is 10.1. The predicted molar refractivity (Wildman–Crippen MR) is 71.4 cm³/mol. The standard InChI is InChI=1S/C11H14ClN3O2S/c1-18-11-13-8(12)5-9(14-11)15-4-2-3-7(6-15)10(16)17/h5,7H,2-4,6H2,1H3,(H,16,17). The molecule has 1 N–H and O–H groups in total. The average molecular weight is 288 g/mol. The fourth-order valence-corrected chi connectivity index (χ4v) is 2.63. The average Bonchev–Trinajstić information content (AvgIpc) is 2.38. The highest BCUT2D eigenvalue weighted by Crippen LogP contribution is 2.25. The van der Waals surface area contributed by atoms with Crippen molar-refractivity contribution in [3.05, 3.63) is 11.2 Å². The molecule has 1 aromatic heterocycles. The van der Waals surface area contributed by atoms with Crippen molar-refractivity contribution >= 4 is 35.1 Å². The van der Waals surface area contributed by atoms with Crippen LogP contribution in [0.25, 0.3) is 0 Å². The molecule has 0 spiro atoms. The zero-order valence-corrected chi connectivity index (χ0v) is 11.5. The second kappa shape index (κ2) is 5.75. The monoisotopic (exact) mass is 287 g/mol. The molecule has 98 valence electrons. The summed E-state index contributed by atoms with van der Waals surface area (Å²) in [6.45, 7) is 1.29. The first-order valence-corrected chi connectivity index (χ1v) is 7.26. The molecule has 0 saturated carbocycles. The third kappa shape index (κ3) is 3.05. The summed E-state index contributed by atoms with van der Waals surface area (Å²) in [5.74, 6) is -0.361. The molecule has 1 unspecified atom stereocenters. The minimum Gasteiger partial charge on any atom is -0.481 e. The van der Waals surface area contributed by atoms with Crippen LogP contribution in [0.1, 0.15) is 12.8 Å². The Hall–Kier alpha value is -1.01. The van der Waals surface area contributed by atoms with Crippen LogP contribution in [0, 0.1) is 5.92 Å². The summed E-state index contributed by atoms with van der Waals surface area (Å²) in [5.41, 5.74) is 0. The van der Waals surface area contributed by atoms with Crippen LogP contribution in [0.3, 0.4) is 0 Å². The topological polar surface area (TPSA) is 66.3 Å². The first-order chi connectivity index (χ1) is 8.60. The van der Waals surface area contributed by atoms with Gasteiger partial charge in [-0.2, -0.15) is 0 Å². The van der Waals surface area contributed by atoms with Crippen LogP contribution in [-0.2, 0) is 4.79 Å². The Morgan fingerprint density at radius 3 is 3.06 bits per heavy atom. The van der Waals surface area contributed by atoms with Gasteiger partial charge < -0.3 is 10.0 Å². The van der Waals surface area contributed by atoms with E-state index >= 15 is 0 Å². The van der Waals surface area contributed by atoms with Crippen LogP contribution in [0.2, 0.25) is 5.15 Å². The molecule has 2 heterocycles. The van der Waals surface area contributed by atoms with E-state index in [4.69, 9.17) is 16.7 Å². The van der Waals surface area contributed by atoms with Crippen LogP contribution in [-0.4, -0.2) is 40.4 Å². The van der Waals surface area contributed by atoms with E-state index in [1.54, 1.807) is 6.07 Å². The van der Waals surface area contributed by atoms with Crippen molar-refractivity contribution in [1.29, 1.82) is 0 Å². The molecule has 7 heteroatoms. The summed E-state index contributed by atoms with van der Waals surface area (Å²) in [4.78, 5) is 21.4. The maximum absolute atomic E-state index is 11.0. The summed E-state index contributed by atoms with van der Waals surface area (Å²) in [6, 6.07) is 1.69. The number of rotatable bonds is 3. The van der Waals surface area contributed by atoms with Crippen LogP contribution in [0.15, 0.2) is 11.2 Å². The van der Waals surface area contributed by atoms with Crippen molar-refractivity contribution in [3.63, 3.8) is 0 Å². The number of thioether (sulfide) groups is 1. The van der Waals surface area contributed by atoms with Crippen molar-refractivity contribution in [2.75, 3.05) is 24.2 Å². The molecule has 5 nitrogen and oxygen atoms in total. The molecule has 1 aliphatic rings. The van der Waals surface area contributed by atoms with E-state index in [1.165, 1.54) is 11.8 Å². The maximum Gasteiger partial charge on any atom is 0.308 e. The summed E-state index contributed by atoms with van der Waals surface area (Å²) in [6.07, 6.45) is 3.46. The molecule has 18 heavy (non-hydrogen) atoms. The number of hydrogen-bond donors (Lipinski definition) is 1. The first-order valence-electron chi connectivity index (χ1n) is 5.66. The molecule has 1 aliphatic heterocycles. The lowest BCUT2D eigenvalue weighted by Crippen LogP contribution is -2.39. The van der Waals surface area contributed by atoms with Gasteiger partial charge >= 0.3 is 5.97 Å². The Balaban J connectivity index is 2.20. The van der Waals surface area contributed by atoms with Gasteiger partial charge in [0.15, 0.2) is 5.16 Å². The number of carbonyl (C=O) groups is 1. The molecular weight excluding hydrogens is 274 g/mol. The molecule has 2 rings (SSSR count). The van der Waals surface area contributed by atoms with Gasteiger partial charge in [-0.05, 0) is 19.1 Å². The Morgan fingerprint density at radius 2 is 2.39 bits per heavy atom. The molecule has 0 aliphatic carbocycles. The van der Waals surface area contributed by atoms with Crippen LogP contribution in [0.4, 0.5) is 5.82 Å². The molecule has 1 saturated heterocycles. The number of carboxylic acids is 1. The summed E-state index contributed by atoms with van der Waals surface area (Å²) >= 11 is 7.36. The maximum atomic E-state index is 11.0. The largest absolute Gasteiger partial charge is 0.481 e. The molecule has 0 amide bonds. The predicted octanol–water partition coefficient (Wildman–Crippen LogP) is 2.15. The van der Waals surface area contributed by atoms with Gasteiger partial charge in [0, 0.05) is 19.2 Å². The lowest BCUT2D eigenvalue weighted by molar-refractivity contribution is -0.141. The molecule has 1 atom stereocenters. The van der Waals surface area contributed by atoms with Crippen molar-refractivity contribution < 1.29 is 9.90 Å². The lowest BCUT2D eigenvalue weighted by Gasteiger charge is -2.31. The molecule has 1 aromatic rings. The van der Waals surface area contributed by atoms with Crippen molar-refractivity contribution in [2.24, 2.45) is 5.92 Å². The van der Waals surface area contributed by atoms with E-state index in [0.717, 1.165) is 19.4 Å². The van der Waals surface area contributed by atoms with Gasteiger partial charge in [0.2, 0.25) is 0 Å². The van der Waals surface area contributed by atoms with Gasteiger partial charge in [-0.1, -0.05) is 23.4 Å². The Kier molecular flexibility index (Phi) is 4.29. The minimum atomic E-state index is -0.745. The minimum absolute atomic E-state index is 0.328. The number of nitrogens with zero attached hydrogens (tertiary/aromatic N) is 3. The van der Waals surface area contributed by atoms with Gasteiger partial charge in [0.05, 0.1) is 5.92 Å². The van der Waals surface area contributed by atoms with Gasteiger partial charge in [-0.25, -0.2) is 9.97 Å². The third-order valence-electron chi connectivity index (χ3n) is 2.94. The lowest BCUT2D eigenvalue weighted by atomic mass is 9.98. The zero-order chi connectivity index (χ0) is 13.1. The number of aliphatic carboxylic acids is 1. The number of carboxylic acid groups (broad SMARTS) is 1. The second-order valence-electron chi connectivity index (χ2n) is 4.16.